The zero-order valence-corrected chi connectivity index (χ0v) is 15.6. The molecule has 0 aliphatic carbocycles. The Morgan fingerprint density at radius 1 is 1.33 bits per heavy atom. The van der Waals surface area contributed by atoms with Crippen molar-refractivity contribution in [2.45, 2.75) is 19.9 Å². The van der Waals surface area contributed by atoms with Crippen LogP contribution in [0.5, 0.6) is 0 Å². The van der Waals surface area contributed by atoms with Crippen LogP contribution in [-0.4, -0.2) is 60.8 Å². The predicted molar refractivity (Wildman–Crippen MR) is 100.0 cm³/mol. The maximum atomic E-state index is 13.9. The van der Waals surface area contributed by atoms with Gasteiger partial charge in [0.2, 0.25) is 0 Å². The lowest BCUT2D eigenvalue weighted by atomic mass is 10.2. The number of piperazine rings is 1. The van der Waals surface area contributed by atoms with Gasteiger partial charge in [0.25, 0.3) is 0 Å². The molecule has 4 nitrogen and oxygen atoms in total. The van der Waals surface area contributed by atoms with Crippen molar-refractivity contribution in [1.29, 1.82) is 0 Å². The third-order valence-corrected chi connectivity index (χ3v) is 4.81. The molecule has 1 N–H and O–H groups in total. The lowest BCUT2D eigenvalue weighted by Gasteiger charge is -2.36. The fourth-order valence-corrected chi connectivity index (χ4v) is 3.15. The van der Waals surface area contributed by atoms with Gasteiger partial charge in [-0.25, -0.2) is 4.39 Å². The van der Waals surface area contributed by atoms with Gasteiger partial charge in [-0.05, 0) is 37.7 Å². The Bertz CT molecular complexity index is 518. The number of hydrogen-bond acceptors (Lipinski definition) is 3. The van der Waals surface area contributed by atoms with Crippen molar-refractivity contribution in [2.75, 3.05) is 45.9 Å². The molecule has 2 rings (SSSR count). The van der Waals surface area contributed by atoms with Gasteiger partial charge in [-0.1, -0.05) is 17.7 Å². The Labute approximate surface area is 153 Å². The molecule has 1 fully saturated rings. The summed E-state index contributed by atoms with van der Waals surface area (Å²) in [7, 11) is 0. The van der Waals surface area contributed by atoms with Crippen molar-refractivity contribution in [3.63, 3.8) is 0 Å². The molecule has 7 heteroatoms. The highest BCUT2D eigenvalue weighted by Gasteiger charge is 2.20. The van der Waals surface area contributed by atoms with Crippen LogP contribution in [0, 0.1) is 5.82 Å². The summed E-state index contributed by atoms with van der Waals surface area (Å²) in [5.74, 6) is -0.239. The number of rotatable bonds is 7. The van der Waals surface area contributed by atoms with Crippen LogP contribution in [0.4, 0.5) is 4.39 Å². The van der Waals surface area contributed by atoms with Crippen LogP contribution in [0.2, 0.25) is 5.02 Å². The van der Waals surface area contributed by atoms with E-state index in [0.29, 0.717) is 17.1 Å². The van der Waals surface area contributed by atoms with Crippen molar-refractivity contribution >= 4 is 28.9 Å². The summed E-state index contributed by atoms with van der Waals surface area (Å²) in [4.78, 5) is 4.37. The summed E-state index contributed by atoms with van der Waals surface area (Å²) >= 11 is 11.5. The minimum absolute atomic E-state index is 0.239. The summed E-state index contributed by atoms with van der Waals surface area (Å²) in [5, 5.41) is 4.55. The molecule has 1 aromatic rings. The standard InChI is InChI=1S/C17H25ClFN3OS/c1-2-23-12-4-7-20-17(24)22-10-8-21(9-11-22)13-14-15(18)5-3-6-16(14)19/h3,5-6H,2,4,7-13H2,1H3,(H,20,24). The van der Waals surface area contributed by atoms with Gasteiger partial charge in [0.15, 0.2) is 5.11 Å². The van der Waals surface area contributed by atoms with Crippen LogP contribution in [0.25, 0.3) is 0 Å². The monoisotopic (exact) mass is 373 g/mol. The van der Waals surface area contributed by atoms with E-state index < -0.39 is 0 Å². The predicted octanol–water partition coefficient (Wildman–Crippen LogP) is 2.90. The number of benzene rings is 1. The van der Waals surface area contributed by atoms with E-state index in [1.165, 1.54) is 6.07 Å². The topological polar surface area (TPSA) is 27.7 Å². The van der Waals surface area contributed by atoms with E-state index in [2.05, 4.69) is 15.1 Å². The first-order chi connectivity index (χ1) is 11.6. The molecule has 1 heterocycles. The number of nitrogens with zero attached hydrogens (tertiary/aromatic N) is 2. The molecule has 0 radical (unpaired) electrons. The number of nitrogens with one attached hydrogen (secondary N) is 1. The first-order valence-corrected chi connectivity index (χ1v) is 9.16. The maximum Gasteiger partial charge on any atom is 0.169 e. The molecule has 134 valence electrons. The number of thiocarbonyl (C=S) groups is 1. The van der Waals surface area contributed by atoms with Crippen LogP contribution < -0.4 is 5.32 Å². The Morgan fingerprint density at radius 2 is 2.08 bits per heavy atom. The highest BCUT2D eigenvalue weighted by atomic mass is 35.5. The maximum absolute atomic E-state index is 13.9. The average molecular weight is 374 g/mol. The van der Waals surface area contributed by atoms with Crippen molar-refractivity contribution in [3.05, 3.63) is 34.6 Å². The molecule has 0 atom stereocenters. The van der Waals surface area contributed by atoms with Gasteiger partial charge in [-0.2, -0.15) is 0 Å². The molecule has 0 aromatic heterocycles. The summed E-state index contributed by atoms with van der Waals surface area (Å²) in [6.45, 7) is 8.20. The zero-order valence-electron chi connectivity index (χ0n) is 14.1. The van der Waals surface area contributed by atoms with Crippen LogP contribution in [-0.2, 0) is 11.3 Å². The van der Waals surface area contributed by atoms with Crippen LogP contribution in [0.15, 0.2) is 18.2 Å². The molecule has 0 unspecified atom stereocenters. The highest BCUT2D eigenvalue weighted by Crippen LogP contribution is 2.21. The summed E-state index contributed by atoms with van der Waals surface area (Å²) in [5.41, 5.74) is 0.573. The van der Waals surface area contributed by atoms with E-state index in [9.17, 15) is 4.39 Å². The second kappa shape index (κ2) is 10.1. The molecular weight excluding hydrogens is 349 g/mol. The van der Waals surface area contributed by atoms with Crippen molar-refractivity contribution < 1.29 is 9.13 Å². The fourth-order valence-electron chi connectivity index (χ4n) is 2.64. The Balaban J connectivity index is 1.72. The normalized spacial score (nSPS) is 15.5. The molecule has 1 aliphatic heterocycles. The summed E-state index contributed by atoms with van der Waals surface area (Å²) in [6.07, 6.45) is 0.944. The lowest BCUT2D eigenvalue weighted by molar-refractivity contribution is 0.145. The van der Waals surface area contributed by atoms with Crippen LogP contribution >= 0.6 is 23.8 Å². The van der Waals surface area contributed by atoms with E-state index in [-0.39, 0.29) is 5.82 Å². The number of ether oxygens (including phenoxy) is 1. The zero-order chi connectivity index (χ0) is 17.4. The largest absolute Gasteiger partial charge is 0.382 e. The van der Waals surface area contributed by atoms with Gasteiger partial charge in [0.05, 0.1) is 0 Å². The molecule has 1 aromatic carbocycles. The van der Waals surface area contributed by atoms with E-state index in [1.54, 1.807) is 12.1 Å². The van der Waals surface area contributed by atoms with E-state index in [0.717, 1.165) is 57.5 Å². The van der Waals surface area contributed by atoms with Gasteiger partial charge >= 0.3 is 0 Å². The fraction of sp³-hybridized carbons (Fsp3) is 0.588. The Morgan fingerprint density at radius 3 is 2.75 bits per heavy atom. The van der Waals surface area contributed by atoms with Crippen LogP contribution in [0.1, 0.15) is 18.9 Å². The molecule has 24 heavy (non-hydrogen) atoms. The first-order valence-electron chi connectivity index (χ1n) is 8.37. The smallest absolute Gasteiger partial charge is 0.169 e. The summed E-state index contributed by atoms with van der Waals surface area (Å²) < 4.78 is 19.2. The quantitative estimate of drug-likeness (QED) is 0.586. The Hall–Kier alpha value is -0.950. The molecule has 0 amide bonds. The van der Waals surface area contributed by atoms with Gasteiger partial charge in [0.1, 0.15) is 5.82 Å². The lowest BCUT2D eigenvalue weighted by Crippen LogP contribution is -2.51. The molecule has 0 bridgehead atoms. The van der Waals surface area contributed by atoms with Gasteiger partial charge in [-0.15, -0.1) is 0 Å². The number of hydrogen-bond donors (Lipinski definition) is 1. The van der Waals surface area contributed by atoms with E-state index in [1.807, 2.05) is 6.92 Å². The van der Waals surface area contributed by atoms with Gasteiger partial charge in [-0.3, -0.25) is 4.90 Å². The first kappa shape index (κ1) is 19.4. The molecular formula is C17H25ClFN3OS. The van der Waals surface area contributed by atoms with Crippen LogP contribution in [0.3, 0.4) is 0 Å². The van der Waals surface area contributed by atoms with Crippen molar-refractivity contribution in [1.82, 2.24) is 15.1 Å². The minimum atomic E-state index is -0.239. The minimum Gasteiger partial charge on any atom is -0.382 e. The second-order valence-corrected chi connectivity index (χ2v) is 6.54. The van der Waals surface area contributed by atoms with Crippen molar-refractivity contribution in [2.24, 2.45) is 0 Å². The van der Waals surface area contributed by atoms with Crippen molar-refractivity contribution in [3.8, 4) is 0 Å². The highest BCUT2D eigenvalue weighted by molar-refractivity contribution is 7.80. The third-order valence-electron chi connectivity index (χ3n) is 4.05. The average Bonchev–Trinajstić information content (AvgIpc) is 2.58. The van der Waals surface area contributed by atoms with Gasteiger partial charge < -0.3 is 15.0 Å². The second-order valence-electron chi connectivity index (χ2n) is 5.75. The SMILES string of the molecule is CCOCCCNC(=S)N1CCN(Cc2c(F)cccc2Cl)CC1. The third kappa shape index (κ3) is 5.84. The Kier molecular flexibility index (Phi) is 8.18. The molecule has 1 aliphatic rings. The summed E-state index contributed by atoms with van der Waals surface area (Å²) in [6, 6.07) is 4.82. The number of halogens is 2. The van der Waals surface area contributed by atoms with E-state index in [4.69, 9.17) is 28.6 Å². The molecule has 1 saturated heterocycles. The molecule has 0 saturated carbocycles. The molecule has 0 spiro atoms. The van der Waals surface area contributed by atoms with Gasteiger partial charge in [0, 0.05) is 63.1 Å². The van der Waals surface area contributed by atoms with E-state index >= 15 is 0 Å².